The summed E-state index contributed by atoms with van der Waals surface area (Å²) in [6.45, 7) is 2.38. The molecule has 0 aromatic heterocycles. The van der Waals surface area contributed by atoms with Crippen molar-refractivity contribution in [3.63, 3.8) is 0 Å². The Morgan fingerprint density at radius 1 is 1.19 bits per heavy atom. The van der Waals surface area contributed by atoms with Crippen LogP contribution in [-0.4, -0.2) is 23.9 Å². The first-order chi connectivity index (χ1) is 7.81. The van der Waals surface area contributed by atoms with Gasteiger partial charge < -0.3 is 5.11 Å². The first-order valence-electron chi connectivity index (χ1n) is 6.74. The summed E-state index contributed by atoms with van der Waals surface area (Å²) in [6, 6.07) is 0. The standard InChI is InChI=1S/C13H22O3/c1-8-13-11(7-14)10-5-3-2-4-9(10)6-12(13)16-15-8/h8-14H,2-7H2,1H3/t8-,9-,10+,11-,12-,13+/m0/s1. The van der Waals surface area contributed by atoms with Crippen molar-refractivity contribution in [2.75, 3.05) is 6.61 Å². The second-order valence-electron chi connectivity index (χ2n) is 5.80. The van der Waals surface area contributed by atoms with Gasteiger partial charge in [-0.25, -0.2) is 9.78 Å². The van der Waals surface area contributed by atoms with Crippen LogP contribution in [0.1, 0.15) is 39.0 Å². The van der Waals surface area contributed by atoms with Gasteiger partial charge in [-0.05, 0) is 37.5 Å². The molecule has 92 valence electrons. The first-order valence-corrected chi connectivity index (χ1v) is 6.74. The Hall–Kier alpha value is -0.120. The molecule has 3 heteroatoms. The van der Waals surface area contributed by atoms with E-state index in [2.05, 4.69) is 6.92 Å². The van der Waals surface area contributed by atoms with Crippen LogP contribution in [0, 0.1) is 23.7 Å². The molecule has 0 radical (unpaired) electrons. The molecule has 0 unspecified atom stereocenters. The third-order valence-electron chi connectivity index (χ3n) is 5.06. The van der Waals surface area contributed by atoms with Crippen molar-refractivity contribution < 1.29 is 14.9 Å². The Labute approximate surface area is 97.1 Å². The molecule has 16 heavy (non-hydrogen) atoms. The van der Waals surface area contributed by atoms with E-state index in [4.69, 9.17) is 9.78 Å². The molecule has 3 fully saturated rings. The monoisotopic (exact) mass is 226 g/mol. The maximum atomic E-state index is 9.68. The fraction of sp³-hybridized carbons (Fsp3) is 1.00. The van der Waals surface area contributed by atoms with Crippen molar-refractivity contribution in [3.8, 4) is 0 Å². The van der Waals surface area contributed by atoms with Crippen LogP contribution < -0.4 is 0 Å². The average Bonchev–Trinajstić information content (AvgIpc) is 2.68. The van der Waals surface area contributed by atoms with E-state index in [1.807, 2.05) is 0 Å². The molecule has 2 saturated carbocycles. The Balaban J connectivity index is 1.83. The lowest BCUT2D eigenvalue weighted by atomic mass is 9.60. The SMILES string of the molecule is C[C@@H]1OO[C@H]2C[C@@H]3CCCC[C@H]3[C@H](CO)[C@@H]12. The zero-order chi connectivity index (χ0) is 11.1. The first kappa shape index (κ1) is 11.0. The molecule has 1 N–H and O–H groups in total. The number of rotatable bonds is 1. The molecule has 2 aliphatic carbocycles. The van der Waals surface area contributed by atoms with Crippen LogP contribution in [0.3, 0.4) is 0 Å². The highest BCUT2D eigenvalue weighted by Gasteiger charge is 2.51. The zero-order valence-corrected chi connectivity index (χ0v) is 9.97. The van der Waals surface area contributed by atoms with Gasteiger partial charge in [-0.2, -0.15) is 0 Å². The lowest BCUT2D eigenvalue weighted by molar-refractivity contribution is -0.296. The minimum absolute atomic E-state index is 0.157. The topological polar surface area (TPSA) is 38.7 Å². The van der Waals surface area contributed by atoms with Gasteiger partial charge in [-0.15, -0.1) is 0 Å². The summed E-state index contributed by atoms with van der Waals surface area (Å²) in [6.07, 6.45) is 6.86. The van der Waals surface area contributed by atoms with E-state index in [1.54, 1.807) is 0 Å². The van der Waals surface area contributed by atoms with Crippen LogP contribution in [0.5, 0.6) is 0 Å². The minimum atomic E-state index is 0.157. The van der Waals surface area contributed by atoms with Crippen molar-refractivity contribution in [1.82, 2.24) is 0 Å². The summed E-state index contributed by atoms with van der Waals surface area (Å²) in [4.78, 5) is 10.8. The maximum absolute atomic E-state index is 9.68. The molecule has 0 amide bonds. The normalized spacial score (nSPS) is 52.1. The van der Waals surface area contributed by atoms with Crippen LogP contribution in [-0.2, 0) is 9.78 Å². The molecular formula is C13H22O3. The molecule has 3 aliphatic rings. The summed E-state index contributed by atoms with van der Waals surface area (Å²) in [7, 11) is 0. The fourth-order valence-corrected chi connectivity index (χ4v) is 4.34. The van der Waals surface area contributed by atoms with Gasteiger partial charge in [0.25, 0.3) is 0 Å². The lowest BCUT2D eigenvalue weighted by Crippen LogP contribution is -2.46. The van der Waals surface area contributed by atoms with Crippen molar-refractivity contribution in [2.45, 2.75) is 51.2 Å². The Morgan fingerprint density at radius 3 is 2.81 bits per heavy atom. The van der Waals surface area contributed by atoms with Crippen molar-refractivity contribution in [2.24, 2.45) is 23.7 Å². The molecule has 0 aromatic rings. The van der Waals surface area contributed by atoms with E-state index < -0.39 is 0 Å². The van der Waals surface area contributed by atoms with Crippen LogP contribution >= 0.6 is 0 Å². The average molecular weight is 226 g/mol. The van der Waals surface area contributed by atoms with Crippen LogP contribution in [0.15, 0.2) is 0 Å². The van der Waals surface area contributed by atoms with Crippen molar-refractivity contribution in [3.05, 3.63) is 0 Å². The molecule has 0 spiro atoms. The molecule has 3 rings (SSSR count). The second kappa shape index (κ2) is 4.28. The van der Waals surface area contributed by atoms with Crippen LogP contribution in [0.2, 0.25) is 0 Å². The van der Waals surface area contributed by atoms with E-state index in [0.29, 0.717) is 24.4 Å². The Morgan fingerprint density at radius 2 is 2.00 bits per heavy atom. The number of hydrogen-bond acceptors (Lipinski definition) is 3. The molecule has 3 nitrogen and oxygen atoms in total. The number of fused-ring (bicyclic) bond motifs is 2. The van der Waals surface area contributed by atoms with E-state index in [9.17, 15) is 5.11 Å². The van der Waals surface area contributed by atoms with Gasteiger partial charge in [-0.1, -0.05) is 19.3 Å². The van der Waals surface area contributed by atoms with Crippen LogP contribution in [0.25, 0.3) is 0 Å². The summed E-state index contributed by atoms with van der Waals surface area (Å²) < 4.78 is 0. The second-order valence-corrected chi connectivity index (χ2v) is 5.80. The number of hydrogen-bond donors (Lipinski definition) is 1. The molecule has 0 bridgehead atoms. The van der Waals surface area contributed by atoms with Crippen molar-refractivity contribution >= 4 is 0 Å². The lowest BCUT2D eigenvalue weighted by Gasteiger charge is -2.45. The molecule has 1 aliphatic heterocycles. The van der Waals surface area contributed by atoms with Crippen molar-refractivity contribution in [1.29, 1.82) is 0 Å². The van der Waals surface area contributed by atoms with Gasteiger partial charge in [0.2, 0.25) is 0 Å². The van der Waals surface area contributed by atoms with Gasteiger partial charge in [0, 0.05) is 12.5 Å². The number of aliphatic hydroxyl groups is 1. The molecule has 1 heterocycles. The quantitative estimate of drug-likeness (QED) is 0.696. The van der Waals surface area contributed by atoms with Gasteiger partial charge in [-0.3, -0.25) is 0 Å². The predicted octanol–water partition coefficient (Wildman–Crippen LogP) is 2.14. The van der Waals surface area contributed by atoms with Gasteiger partial charge in [0.1, 0.15) is 0 Å². The third-order valence-corrected chi connectivity index (χ3v) is 5.06. The highest BCUT2D eigenvalue weighted by molar-refractivity contribution is 4.97. The van der Waals surface area contributed by atoms with E-state index in [-0.39, 0.29) is 12.2 Å². The number of aliphatic hydroxyl groups excluding tert-OH is 1. The molecule has 0 aromatic carbocycles. The molecule has 1 saturated heterocycles. The third kappa shape index (κ3) is 1.60. The summed E-state index contributed by atoms with van der Waals surface area (Å²) in [5.41, 5.74) is 0. The molecular weight excluding hydrogens is 204 g/mol. The van der Waals surface area contributed by atoms with Crippen LogP contribution in [0.4, 0.5) is 0 Å². The predicted molar refractivity (Wildman–Crippen MR) is 59.6 cm³/mol. The fourth-order valence-electron chi connectivity index (χ4n) is 4.34. The van der Waals surface area contributed by atoms with E-state index >= 15 is 0 Å². The maximum Gasteiger partial charge on any atom is 0.0990 e. The van der Waals surface area contributed by atoms with E-state index in [0.717, 1.165) is 12.3 Å². The Bertz CT molecular complexity index is 254. The highest BCUT2D eigenvalue weighted by Crippen LogP contribution is 2.50. The summed E-state index contributed by atoms with van der Waals surface area (Å²) in [5.74, 6) is 2.31. The van der Waals surface area contributed by atoms with E-state index in [1.165, 1.54) is 25.7 Å². The zero-order valence-electron chi connectivity index (χ0n) is 9.97. The van der Waals surface area contributed by atoms with Gasteiger partial charge >= 0.3 is 0 Å². The van der Waals surface area contributed by atoms with Gasteiger partial charge in [0.15, 0.2) is 0 Å². The summed E-state index contributed by atoms with van der Waals surface area (Å²) in [5, 5.41) is 9.68. The smallest absolute Gasteiger partial charge is 0.0990 e. The minimum Gasteiger partial charge on any atom is -0.396 e. The highest BCUT2D eigenvalue weighted by atomic mass is 17.2. The van der Waals surface area contributed by atoms with Gasteiger partial charge in [0.05, 0.1) is 12.2 Å². The molecule has 6 atom stereocenters. The largest absolute Gasteiger partial charge is 0.396 e. The summed E-state index contributed by atoms with van der Waals surface area (Å²) >= 11 is 0. The Kier molecular flexibility index (Phi) is 2.94.